The van der Waals surface area contributed by atoms with E-state index in [-0.39, 0.29) is 17.6 Å². The van der Waals surface area contributed by atoms with Crippen LogP contribution in [-0.4, -0.2) is 42.0 Å². The van der Waals surface area contributed by atoms with Gasteiger partial charge in [0.2, 0.25) is 11.0 Å². The number of ether oxygens (including phenoxy) is 2. The molecule has 0 saturated carbocycles. The Balaban J connectivity index is 1.50. The summed E-state index contributed by atoms with van der Waals surface area (Å²) < 4.78 is 11.0. The third kappa shape index (κ3) is 5.94. The molecule has 0 saturated heterocycles. The van der Waals surface area contributed by atoms with Gasteiger partial charge in [-0.1, -0.05) is 53.4 Å². The van der Waals surface area contributed by atoms with Gasteiger partial charge in [-0.3, -0.25) is 14.9 Å². The molecule has 0 radical (unpaired) electrons. The lowest BCUT2D eigenvalue weighted by Gasteiger charge is -2.08. The predicted octanol–water partition coefficient (Wildman–Crippen LogP) is 3.22. The molecule has 10 heteroatoms. The fourth-order valence-corrected chi connectivity index (χ4v) is 4.02. The molecular formula is C20H20N4O4S2. The minimum atomic E-state index is -0.343. The summed E-state index contributed by atoms with van der Waals surface area (Å²) in [4.78, 5) is 24.4. The molecule has 0 bridgehead atoms. The molecule has 1 aromatic heterocycles. The summed E-state index contributed by atoms with van der Waals surface area (Å²) in [7, 11) is 3.03. The largest absolute Gasteiger partial charge is 0.493 e. The van der Waals surface area contributed by atoms with Gasteiger partial charge in [0, 0.05) is 12.1 Å². The van der Waals surface area contributed by atoms with Crippen molar-refractivity contribution in [3.05, 3.63) is 59.7 Å². The molecule has 2 aromatic carbocycles. The van der Waals surface area contributed by atoms with E-state index < -0.39 is 0 Å². The van der Waals surface area contributed by atoms with Gasteiger partial charge in [-0.25, -0.2) is 0 Å². The Hall–Kier alpha value is -3.11. The van der Waals surface area contributed by atoms with Crippen molar-refractivity contribution >= 4 is 40.0 Å². The van der Waals surface area contributed by atoms with Gasteiger partial charge in [0.1, 0.15) is 0 Å². The maximum absolute atomic E-state index is 12.4. The van der Waals surface area contributed by atoms with E-state index in [1.165, 1.54) is 37.3 Å². The third-order valence-electron chi connectivity index (χ3n) is 3.93. The van der Waals surface area contributed by atoms with E-state index in [9.17, 15) is 9.59 Å². The highest BCUT2D eigenvalue weighted by atomic mass is 32.2. The van der Waals surface area contributed by atoms with E-state index >= 15 is 0 Å². The molecule has 0 fully saturated rings. The van der Waals surface area contributed by atoms with Crippen molar-refractivity contribution in [1.82, 2.24) is 15.5 Å². The highest BCUT2D eigenvalue weighted by molar-refractivity contribution is 8.01. The van der Waals surface area contributed by atoms with E-state index in [0.717, 1.165) is 5.56 Å². The number of nitrogens with zero attached hydrogens (tertiary/aromatic N) is 2. The normalized spacial score (nSPS) is 10.3. The number of methoxy groups -OCH3 is 2. The standard InChI is InChI=1S/C20H20N4O4S2/c1-27-15-9-8-14(10-16(15)28-2)18(26)22-19-23-24-20(30-19)29-12-17(25)21-11-13-6-4-3-5-7-13/h3-10H,11-12H2,1-2H3,(H,21,25)(H,22,23,26). The van der Waals surface area contributed by atoms with Crippen LogP contribution in [0.4, 0.5) is 5.13 Å². The first-order valence-electron chi connectivity index (χ1n) is 8.89. The first-order chi connectivity index (χ1) is 14.6. The number of benzene rings is 2. The Labute approximate surface area is 182 Å². The number of rotatable bonds is 9. The summed E-state index contributed by atoms with van der Waals surface area (Å²) in [5.41, 5.74) is 1.43. The lowest BCUT2D eigenvalue weighted by atomic mass is 10.2. The van der Waals surface area contributed by atoms with Gasteiger partial charge in [0.05, 0.1) is 20.0 Å². The Morgan fingerprint density at radius 3 is 2.53 bits per heavy atom. The second-order valence-electron chi connectivity index (χ2n) is 5.95. The van der Waals surface area contributed by atoms with Crippen LogP contribution in [0.25, 0.3) is 0 Å². The number of carbonyl (C=O) groups is 2. The topological polar surface area (TPSA) is 102 Å². The number of amides is 2. The average molecular weight is 445 g/mol. The van der Waals surface area contributed by atoms with Gasteiger partial charge < -0.3 is 14.8 Å². The van der Waals surface area contributed by atoms with Crippen LogP contribution in [0.1, 0.15) is 15.9 Å². The Kier molecular flexibility index (Phi) is 7.63. The van der Waals surface area contributed by atoms with Crippen LogP contribution in [0.15, 0.2) is 52.9 Å². The minimum Gasteiger partial charge on any atom is -0.493 e. The molecule has 156 valence electrons. The van der Waals surface area contributed by atoms with Crippen molar-refractivity contribution in [2.45, 2.75) is 10.9 Å². The molecule has 3 aromatic rings. The third-order valence-corrected chi connectivity index (χ3v) is 5.90. The highest BCUT2D eigenvalue weighted by Crippen LogP contribution is 2.29. The Morgan fingerprint density at radius 2 is 1.80 bits per heavy atom. The number of nitrogens with one attached hydrogen (secondary N) is 2. The van der Waals surface area contributed by atoms with E-state index in [0.29, 0.717) is 33.1 Å². The van der Waals surface area contributed by atoms with Gasteiger partial charge >= 0.3 is 0 Å². The van der Waals surface area contributed by atoms with Gasteiger partial charge in [-0.15, -0.1) is 10.2 Å². The van der Waals surface area contributed by atoms with Gasteiger partial charge in [-0.2, -0.15) is 0 Å². The molecule has 8 nitrogen and oxygen atoms in total. The molecule has 30 heavy (non-hydrogen) atoms. The summed E-state index contributed by atoms with van der Waals surface area (Å²) in [6, 6.07) is 14.6. The maximum Gasteiger partial charge on any atom is 0.257 e. The van der Waals surface area contributed by atoms with E-state index in [2.05, 4.69) is 20.8 Å². The van der Waals surface area contributed by atoms with Crippen LogP contribution in [-0.2, 0) is 11.3 Å². The molecule has 2 N–H and O–H groups in total. The van der Waals surface area contributed by atoms with Gasteiger partial charge in [0.15, 0.2) is 15.8 Å². The molecule has 0 unspecified atom stereocenters. The van der Waals surface area contributed by atoms with Crippen LogP contribution < -0.4 is 20.1 Å². The van der Waals surface area contributed by atoms with Crippen molar-refractivity contribution in [2.24, 2.45) is 0 Å². The summed E-state index contributed by atoms with van der Waals surface area (Å²) in [6.45, 7) is 0.475. The van der Waals surface area contributed by atoms with Crippen molar-refractivity contribution in [3.8, 4) is 11.5 Å². The molecule has 0 aliphatic rings. The molecule has 0 aliphatic heterocycles. The summed E-state index contributed by atoms with van der Waals surface area (Å²) in [5.74, 6) is 0.763. The maximum atomic E-state index is 12.4. The number of anilines is 1. The predicted molar refractivity (Wildman–Crippen MR) is 116 cm³/mol. The first-order valence-corrected chi connectivity index (χ1v) is 10.7. The first kappa shape index (κ1) is 21.6. The summed E-state index contributed by atoms with van der Waals surface area (Å²) in [6.07, 6.45) is 0. The fourth-order valence-electron chi connectivity index (χ4n) is 2.44. The summed E-state index contributed by atoms with van der Waals surface area (Å²) >= 11 is 2.47. The highest BCUT2D eigenvalue weighted by Gasteiger charge is 2.14. The van der Waals surface area contributed by atoms with Crippen molar-refractivity contribution in [3.63, 3.8) is 0 Å². The van der Waals surface area contributed by atoms with E-state index in [1.54, 1.807) is 18.2 Å². The Bertz CT molecular complexity index is 1010. The Morgan fingerprint density at radius 1 is 1.03 bits per heavy atom. The quantitative estimate of drug-likeness (QED) is 0.386. The second kappa shape index (κ2) is 10.6. The smallest absolute Gasteiger partial charge is 0.257 e. The monoisotopic (exact) mass is 444 g/mol. The number of hydrogen-bond donors (Lipinski definition) is 2. The lowest BCUT2D eigenvalue weighted by Crippen LogP contribution is -2.24. The number of hydrogen-bond acceptors (Lipinski definition) is 8. The number of carbonyl (C=O) groups excluding carboxylic acids is 2. The number of aromatic nitrogens is 2. The molecule has 1 heterocycles. The summed E-state index contributed by atoms with van der Waals surface area (Å²) in [5, 5.41) is 13.9. The second-order valence-corrected chi connectivity index (χ2v) is 8.15. The fraction of sp³-hybridized carbons (Fsp3) is 0.200. The van der Waals surface area contributed by atoms with E-state index in [1.807, 2.05) is 30.3 Å². The van der Waals surface area contributed by atoms with Gasteiger partial charge in [-0.05, 0) is 23.8 Å². The zero-order valence-corrected chi connectivity index (χ0v) is 18.0. The van der Waals surface area contributed by atoms with Crippen molar-refractivity contribution in [1.29, 1.82) is 0 Å². The van der Waals surface area contributed by atoms with Gasteiger partial charge in [0.25, 0.3) is 5.91 Å². The van der Waals surface area contributed by atoms with E-state index in [4.69, 9.17) is 9.47 Å². The van der Waals surface area contributed by atoms with Crippen molar-refractivity contribution < 1.29 is 19.1 Å². The molecule has 0 atom stereocenters. The zero-order chi connectivity index (χ0) is 21.3. The van der Waals surface area contributed by atoms with Crippen molar-refractivity contribution in [2.75, 3.05) is 25.3 Å². The lowest BCUT2D eigenvalue weighted by molar-refractivity contribution is -0.118. The minimum absolute atomic E-state index is 0.102. The number of thioether (sulfide) groups is 1. The molecular weight excluding hydrogens is 424 g/mol. The van der Waals surface area contributed by atoms with Crippen LogP contribution in [0.5, 0.6) is 11.5 Å². The SMILES string of the molecule is COc1ccc(C(=O)Nc2nnc(SCC(=O)NCc3ccccc3)s2)cc1OC. The van der Waals surface area contributed by atoms with Crippen LogP contribution in [0.2, 0.25) is 0 Å². The zero-order valence-electron chi connectivity index (χ0n) is 16.4. The molecule has 2 amide bonds. The average Bonchev–Trinajstić information content (AvgIpc) is 3.23. The van der Waals surface area contributed by atoms with Crippen LogP contribution in [0, 0.1) is 0 Å². The molecule has 3 rings (SSSR count). The molecule has 0 aliphatic carbocycles. The van der Waals surface area contributed by atoms with Crippen LogP contribution >= 0.6 is 23.1 Å². The van der Waals surface area contributed by atoms with Crippen LogP contribution in [0.3, 0.4) is 0 Å². The molecule has 0 spiro atoms.